The van der Waals surface area contributed by atoms with E-state index in [1.807, 2.05) is 0 Å². The van der Waals surface area contributed by atoms with E-state index in [4.69, 9.17) is 15.2 Å². The van der Waals surface area contributed by atoms with Crippen molar-refractivity contribution in [3.63, 3.8) is 0 Å². The Balaban J connectivity index is 2.02. The Morgan fingerprint density at radius 3 is 2.62 bits per heavy atom. The first kappa shape index (κ1) is 19.8. The molecule has 156 valence electrons. The van der Waals surface area contributed by atoms with Gasteiger partial charge in [-0.2, -0.15) is 0 Å². The van der Waals surface area contributed by atoms with Crippen LogP contribution in [0.1, 0.15) is 33.1 Å². The third kappa shape index (κ3) is 2.30. The highest BCUT2D eigenvalue weighted by Gasteiger charge is 2.63. The second-order valence-electron chi connectivity index (χ2n) is 8.66. The third-order valence-corrected chi connectivity index (χ3v) is 7.30. The first-order valence-electron chi connectivity index (χ1n) is 9.69. The molecule has 0 aromatic heterocycles. The molecule has 5 atom stereocenters. The SMILES string of the molecule is COCC1OC(=O)C(=CN)C2=C(O)C(=O)C3=C(C(O)CC4(C)C(=O)CCC34)C21C. The largest absolute Gasteiger partial charge is 0.504 e. The lowest BCUT2D eigenvalue weighted by Crippen LogP contribution is -2.56. The molecule has 0 radical (unpaired) electrons. The molecule has 0 aromatic rings. The number of rotatable bonds is 2. The van der Waals surface area contributed by atoms with Gasteiger partial charge in [-0.25, -0.2) is 4.79 Å². The van der Waals surface area contributed by atoms with E-state index in [0.717, 1.165) is 6.20 Å². The fourth-order valence-corrected chi connectivity index (χ4v) is 5.85. The van der Waals surface area contributed by atoms with Crippen molar-refractivity contribution in [2.45, 2.75) is 45.3 Å². The van der Waals surface area contributed by atoms with E-state index in [0.29, 0.717) is 18.4 Å². The van der Waals surface area contributed by atoms with Gasteiger partial charge in [-0.3, -0.25) is 9.59 Å². The molecule has 1 saturated carbocycles. The molecular formula is C21H25NO7. The zero-order valence-corrected chi connectivity index (χ0v) is 16.7. The van der Waals surface area contributed by atoms with Gasteiger partial charge >= 0.3 is 5.97 Å². The summed E-state index contributed by atoms with van der Waals surface area (Å²) in [4.78, 5) is 38.3. The van der Waals surface area contributed by atoms with Gasteiger partial charge < -0.3 is 25.4 Å². The highest BCUT2D eigenvalue weighted by molar-refractivity contribution is 6.13. The maximum atomic E-state index is 13.3. The molecule has 0 bridgehead atoms. The number of hydrogen-bond acceptors (Lipinski definition) is 8. The standard InChI is InChI=1S/C21H25NO7/c1-20-6-11(23)16-14(10(20)4-5-12(20)24)17(25)18(26)15-9(7-22)19(27)29-13(8-28-3)21(15,16)2/h7,10-11,13,23,26H,4-6,8,22H2,1-3H3. The number of hydrogen-bond donors (Lipinski definition) is 3. The van der Waals surface area contributed by atoms with Gasteiger partial charge in [-0.1, -0.05) is 6.92 Å². The van der Waals surface area contributed by atoms with Crippen molar-refractivity contribution in [2.24, 2.45) is 22.5 Å². The zero-order valence-electron chi connectivity index (χ0n) is 16.7. The van der Waals surface area contributed by atoms with Crippen LogP contribution in [0.3, 0.4) is 0 Å². The predicted octanol–water partition coefficient (Wildman–Crippen LogP) is 0.848. The lowest BCUT2D eigenvalue weighted by molar-refractivity contribution is -0.157. The summed E-state index contributed by atoms with van der Waals surface area (Å²) in [7, 11) is 1.45. The highest BCUT2D eigenvalue weighted by Crippen LogP contribution is 2.61. The van der Waals surface area contributed by atoms with Gasteiger partial charge in [0.1, 0.15) is 11.9 Å². The summed E-state index contributed by atoms with van der Waals surface area (Å²) in [5, 5.41) is 22.1. The summed E-state index contributed by atoms with van der Waals surface area (Å²) in [6.07, 6.45) is -0.0278. The van der Waals surface area contributed by atoms with Crippen molar-refractivity contribution in [1.82, 2.24) is 0 Å². The molecule has 1 heterocycles. The Morgan fingerprint density at radius 2 is 2.00 bits per heavy atom. The van der Waals surface area contributed by atoms with Crippen LogP contribution in [-0.4, -0.2) is 53.7 Å². The van der Waals surface area contributed by atoms with E-state index < -0.39 is 46.5 Å². The van der Waals surface area contributed by atoms with Crippen molar-refractivity contribution in [3.05, 3.63) is 34.3 Å². The summed E-state index contributed by atoms with van der Waals surface area (Å²) in [6, 6.07) is 0. The van der Waals surface area contributed by atoms with Gasteiger partial charge in [0.15, 0.2) is 5.76 Å². The number of fused-ring (bicyclic) bond motifs is 4. The van der Waals surface area contributed by atoms with E-state index in [1.165, 1.54) is 7.11 Å². The number of esters is 1. The van der Waals surface area contributed by atoms with Crippen LogP contribution in [-0.2, 0) is 23.9 Å². The number of ether oxygens (including phenoxy) is 2. The minimum Gasteiger partial charge on any atom is -0.504 e. The van der Waals surface area contributed by atoms with Crippen LogP contribution in [0.5, 0.6) is 0 Å². The molecular weight excluding hydrogens is 378 g/mol. The third-order valence-electron chi connectivity index (χ3n) is 7.30. The van der Waals surface area contributed by atoms with Crippen LogP contribution in [0.4, 0.5) is 0 Å². The van der Waals surface area contributed by atoms with E-state index in [2.05, 4.69) is 0 Å². The molecule has 0 aromatic carbocycles. The van der Waals surface area contributed by atoms with E-state index in [9.17, 15) is 24.6 Å². The van der Waals surface area contributed by atoms with E-state index >= 15 is 0 Å². The van der Waals surface area contributed by atoms with Gasteiger partial charge in [0, 0.05) is 42.2 Å². The number of carbonyl (C=O) groups excluding carboxylic acids is 3. The van der Waals surface area contributed by atoms with Crippen molar-refractivity contribution < 1.29 is 34.1 Å². The first-order valence-corrected chi connectivity index (χ1v) is 9.69. The molecule has 8 nitrogen and oxygen atoms in total. The lowest BCUT2D eigenvalue weighted by atomic mass is 9.53. The Labute approximate surface area is 168 Å². The van der Waals surface area contributed by atoms with Crippen molar-refractivity contribution in [3.8, 4) is 0 Å². The number of aliphatic hydroxyl groups excluding tert-OH is 2. The number of nitrogens with two attached hydrogens (primary N) is 1. The van der Waals surface area contributed by atoms with Gasteiger partial charge in [-0.05, 0) is 25.3 Å². The molecule has 4 rings (SSSR count). The van der Waals surface area contributed by atoms with Crippen LogP contribution < -0.4 is 5.73 Å². The molecule has 4 aliphatic rings. The van der Waals surface area contributed by atoms with Crippen molar-refractivity contribution >= 4 is 17.5 Å². The maximum Gasteiger partial charge on any atom is 0.340 e. The number of cyclic esters (lactones) is 1. The minimum atomic E-state index is -1.21. The predicted molar refractivity (Wildman–Crippen MR) is 100 cm³/mol. The van der Waals surface area contributed by atoms with Crippen molar-refractivity contribution in [2.75, 3.05) is 13.7 Å². The van der Waals surface area contributed by atoms with Gasteiger partial charge in [0.25, 0.3) is 0 Å². The Kier molecular flexibility index (Phi) is 4.29. The van der Waals surface area contributed by atoms with Crippen molar-refractivity contribution in [1.29, 1.82) is 0 Å². The van der Waals surface area contributed by atoms with Gasteiger partial charge in [-0.15, -0.1) is 0 Å². The summed E-state index contributed by atoms with van der Waals surface area (Å²) in [5.41, 5.74) is 4.15. The topological polar surface area (TPSA) is 136 Å². The summed E-state index contributed by atoms with van der Waals surface area (Å²) in [5.74, 6) is -2.42. The molecule has 5 unspecified atom stereocenters. The average Bonchev–Trinajstić information content (AvgIpc) is 2.95. The summed E-state index contributed by atoms with van der Waals surface area (Å²) >= 11 is 0. The second kappa shape index (κ2) is 6.27. The first-order chi connectivity index (χ1) is 13.6. The molecule has 4 N–H and O–H groups in total. The quantitative estimate of drug-likeness (QED) is 0.456. The smallest absolute Gasteiger partial charge is 0.340 e. The van der Waals surface area contributed by atoms with Gasteiger partial charge in [0.05, 0.1) is 23.7 Å². The van der Waals surface area contributed by atoms with Crippen LogP contribution in [0.15, 0.2) is 34.3 Å². The maximum absolute atomic E-state index is 13.3. The molecule has 8 heteroatoms. The number of carbonyl (C=O) groups is 3. The fraction of sp³-hybridized carbons (Fsp3) is 0.571. The zero-order chi connectivity index (χ0) is 21.3. The van der Waals surface area contributed by atoms with Crippen LogP contribution in [0.25, 0.3) is 0 Å². The molecule has 0 spiro atoms. The average molecular weight is 403 g/mol. The van der Waals surface area contributed by atoms with Crippen LogP contribution >= 0.6 is 0 Å². The lowest BCUT2D eigenvalue weighted by Gasteiger charge is -2.52. The Bertz CT molecular complexity index is 929. The molecule has 0 amide bonds. The number of Topliss-reactive ketones (excluding diaryl/α,β-unsaturated/α-hetero) is 2. The summed E-state index contributed by atoms with van der Waals surface area (Å²) in [6.45, 7) is 3.47. The molecule has 3 aliphatic carbocycles. The van der Waals surface area contributed by atoms with Gasteiger partial charge in [0.2, 0.25) is 5.78 Å². The number of allylic oxidation sites excluding steroid dienone is 1. The van der Waals surface area contributed by atoms with Crippen LogP contribution in [0.2, 0.25) is 0 Å². The molecule has 1 aliphatic heterocycles. The number of aliphatic hydroxyl groups is 2. The fourth-order valence-electron chi connectivity index (χ4n) is 5.85. The molecule has 1 saturated heterocycles. The normalized spacial score (nSPS) is 40.8. The van der Waals surface area contributed by atoms with E-state index in [1.54, 1.807) is 13.8 Å². The molecule has 29 heavy (non-hydrogen) atoms. The number of methoxy groups -OCH3 is 1. The highest BCUT2D eigenvalue weighted by atomic mass is 16.6. The monoisotopic (exact) mass is 403 g/mol. The Morgan fingerprint density at radius 1 is 1.31 bits per heavy atom. The molecule has 2 fully saturated rings. The second-order valence-corrected chi connectivity index (χ2v) is 8.66. The Hall–Kier alpha value is -2.45. The summed E-state index contributed by atoms with van der Waals surface area (Å²) < 4.78 is 10.8. The van der Waals surface area contributed by atoms with Crippen LogP contribution in [0, 0.1) is 16.7 Å². The minimum absolute atomic E-state index is 0.00454. The number of ketones is 2. The van der Waals surface area contributed by atoms with E-state index in [-0.39, 0.29) is 35.5 Å².